The standard InChI is InChI=1S/C15H22N2O4/c1-10(11-4-5-13(18)14(8-11)20-2)17-7-6-12(9-17)16-15(19)21-3/h4-5,8,10,12,18H,6-7,9H2,1-3H3,(H,16,19). The molecule has 2 unspecified atom stereocenters. The summed E-state index contributed by atoms with van der Waals surface area (Å²) >= 11 is 0. The van der Waals surface area contributed by atoms with Crippen molar-refractivity contribution in [2.24, 2.45) is 0 Å². The molecule has 0 bridgehead atoms. The molecule has 2 N–H and O–H groups in total. The van der Waals surface area contributed by atoms with Gasteiger partial charge in [0, 0.05) is 25.2 Å². The van der Waals surface area contributed by atoms with E-state index in [4.69, 9.17) is 4.74 Å². The molecule has 0 saturated carbocycles. The molecular formula is C15H22N2O4. The number of nitrogens with zero attached hydrogens (tertiary/aromatic N) is 1. The normalized spacial score (nSPS) is 20.0. The Hall–Kier alpha value is -1.95. The first-order valence-electron chi connectivity index (χ1n) is 7.00. The molecule has 1 aliphatic rings. The van der Waals surface area contributed by atoms with Crippen LogP contribution in [0.25, 0.3) is 0 Å². The smallest absolute Gasteiger partial charge is 0.407 e. The SMILES string of the molecule is COC(=O)NC1CCN(C(C)c2ccc(O)c(OC)c2)C1. The Morgan fingerprint density at radius 2 is 2.24 bits per heavy atom. The van der Waals surface area contributed by atoms with Crippen molar-refractivity contribution in [1.29, 1.82) is 0 Å². The number of rotatable bonds is 4. The fourth-order valence-electron chi connectivity index (χ4n) is 2.65. The number of amides is 1. The molecule has 21 heavy (non-hydrogen) atoms. The lowest BCUT2D eigenvalue weighted by Crippen LogP contribution is -2.37. The van der Waals surface area contributed by atoms with Gasteiger partial charge in [-0.3, -0.25) is 4.90 Å². The van der Waals surface area contributed by atoms with Gasteiger partial charge in [0.05, 0.1) is 14.2 Å². The maximum absolute atomic E-state index is 11.2. The predicted molar refractivity (Wildman–Crippen MR) is 78.6 cm³/mol. The van der Waals surface area contributed by atoms with E-state index in [1.807, 2.05) is 12.1 Å². The maximum atomic E-state index is 11.2. The summed E-state index contributed by atoms with van der Waals surface area (Å²) in [5.74, 6) is 0.614. The molecule has 1 saturated heterocycles. The molecule has 1 aromatic carbocycles. The van der Waals surface area contributed by atoms with Crippen LogP contribution in [0.5, 0.6) is 11.5 Å². The van der Waals surface area contributed by atoms with Crippen LogP contribution in [-0.2, 0) is 4.74 Å². The molecule has 0 aromatic heterocycles. The second-order valence-electron chi connectivity index (χ2n) is 5.22. The Morgan fingerprint density at radius 3 is 2.90 bits per heavy atom. The number of phenolic OH excluding ortho intramolecular Hbond substituents is 1. The monoisotopic (exact) mass is 294 g/mol. The number of phenols is 1. The zero-order valence-electron chi connectivity index (χ0n) is 12.6. The van der Waals surface area contributed by atoms with E-state index >= 15 is 0 Å². The summed E-state index contributed by atoms with van der Waals surface area (Å²) in [6.07, 6.45) is 0.509. The van der Waals surface area contributed by atoms with Crippen LogP contribution in [0.1, 0.15) is 24.9 Å². The van der Waals surface area contributed by atoms with Crippen molar-refractivity contribution in [3.63, 3.8) is 0 Å². The molecule has 2 atom stereocenters. The van der Waals surface area contributed by atoms with Crippen molar-refractivity contribution in [3.05, 3.63) is 23.8 Å². The number of methoxy groups -OCH3 is 2. The summed E-state index contributed by atoms with van der Waals surface area (Å²) in [4.78, 5) is 13.5. The molecule has 0 spiro atoms. The minimum absolute atomic E-state index is 0.110. The van der Waals surface area contributed by atoms with Crippen LogP contribution < -0.4 is 10.1 Å². The molecule has 116 valence electrons. The zero-order valence-corrected chi connectivity index (χ0v) is 12.6. The van der Waals surface area contributed by atoms with Crippen LogP contribution in [0.4, 0.5) is 4.79 Å². The summed E-state index contributed by atoms with van der Waals surface area (Å²) in [5, 5.41) is 12.5. The quantitative estimate of drug-likeness (QED) is 0.887. The number of carbonyl (C=O) groups is 1. The number of likely N-dealkylation sites (tertiary alicyclic amines) is 1. The lowest BCUT2D eigenvalue weighted by Gasteiger charge is -2.25. The van der Waals surface area contributed by atoms with Gasteiger partial charge in [0.15, 0.2) is 11.5 Å². The number of ether oxygens (including phenoxy) is 2. The van der Waals surface area contributed by atoms with E-state index in [1.54, 1.807) is 6.07 Å². The highest BCUT2D eigenvalue weighted by Gasteiger charge is 2.28. The topological polar surface area (TPSA) is 71.0 Å². The van der Waals surface area contributed by atoms with Crippen LogP contribution in [0.2, 0.25) is 0 Å². The van der Waals surface area contributed by atoms with Crippen molar-refractivity contribution >= 4 is 6.09 Å². The molecule has 1 aliphatic heterocycles. The van der Waals surface area contributed by atoms with E-state index in [0.717, 1.165) is 25.1 Å². The zero-order chi connectivity index (χ0) is 15.4. The molecule has 1 fully saturated rings. The largest absolute Gasteiger partial charge is 0.504 e. The Morgan fingerprint density at radius 1 is 1.48 bits per heavy atom. The molecule has 1 aromatic rings. The molecule has 1 amide bonds. The van der Waals surface area contributed by atoms with Crippen LogP contribution in [-0.4, -0.2) is 49.5 Å². The highest BCUT2D eigenvalue weighted by molar-refractivity contribution is 5.67. The van der Waals surface area contributed by atoms with Crippen molar-refractivity contribution < 1.29 is 19.4 Å². The van der Waals surface area contributed by atoms with Crippen LogP contribution >= 0.6 is 0 Å². The molecule has 0 radical (unpaired) electrons. The Labute approximate surface area is 124 Å². The van der Waals surface area contributed by atoms with Gasteiger partial charge in [-0.05, 0) is 31.0 Å². The van der Waals surface area contributed by atoms with E-state index in [1.165, 1.54) is 14.2 Å². The minimum Gasteiger partial charge on any atom is -0.504 e. The molecule has 2 rings (SSSR count). The Balaban J connectivity index is 2.01. The van der Waals surface area contributed by atoms with Gasteiger partial charge in [-0.1, -0.05) is 6.07 Å². The lowest BCUT2D eigenvalue weighted by atomic mass is 10.1. The number of aromatic hydroxyl groups is 1. The number of nitrogens with one attached hydrogen (secondary N) is 1. The van der Waals surface area contributed by atoms with Gasteiger partial charge in [0.1, 0.15) is 0 Å². The van der Waals surface area contributed by atoms with Crippen molar-refractivity contribution in [2.75, 3.05) is 27.3 Å². The van der Waals surface area contributed by atoms with E-state index in [9.17, 15) is 9.90 Å². The first-order valence-corrected chi connectivity index (χ1v) is 7.00. The van der Waals surface area contributed by atoms with E-state index in [0.29, 0.717) is 5.75 Å². The van der Waals surface area contributed by atoms with Crippen LogP contribution in [0.3, 0.4) is 0 Å². The minimum atomic E-state index is -0.388. The van der Waals surface area contributed by atoms with Gasteiger partial charge in [-0.15, -0.1) is 0 Å². The number of hydrogen-bond acceptors (Lipinski definition) is 5. The number of hydrogen-bond donors (Lipinski definition) is 2. The third-order valence-electron chi connectivity index (χ3n) is 3.96. The van der Waals surface area contributed by atoms with Gasteiger partial charge in [-0.2, -0.15) is 0 Å². The van der Waals surface area contributed by atoms with Gasteiger partial charge < -0.3 is 19.9 Å². The third kappa shape index (κ3) is 3.58. The van der Waals surface area contributed by atoms with Crippen LogP contribution in [0.15, 0.2) is 18.2 Å². The second-order valence-corrected chi connectivity index (χ2v) is 5.22. The Bertz CT molecular complexity index is 506. The fraction of sp³-hybridized carbons (Fsp3) is 0.533. The first kappa shape index (κ1) is 15.4. The molecule has 6 heteroatoms. The first-order chi connectivity index (χ1) is 10.0. The van der Waals surface area contributed by atoms with Crippen molar-refractivity contribution in [1.82, 2.24) is 10.2 Å². The average molecular weight is 294 g/mol. The Kier molecular flexibility index (Phi) is 4.90. The molecule has 6 nitrogen and oxygen atoms in total. The fourth-order valence-corrected chi connectivity index (χ4v) is 2.65. The number of benzene rings is 1. The maximum Gasteiger partial charge on any atom is 0.407 e. The van der Waals surface area contributed by atoms with Crippen molar-refractivity contribution in [2.45, 2.75) is 25.4 Å². The summed E-state index contributed by atoms with van der Waals surface area (Å²) in [6, 6.07) is 5.68. The molecular weight excluding hydrogens is 272 g/mol. The third-order valence-corrected chi connectivity index (χ3v) is 3.96. The average Bonchev–Trinajstić information content (AvgIpc) is 2.95. The van der Waals surface area contributed by atoms with E-state index < -0.39 is 0 Å². The lowest BCUT2D eigenvalue weighted by molar-refractivity contribution is 0.165. The summed E-state index contributed by atoms with van der Waals surface area (Å²) in [5.41, 5.74) is 1.07. The number of carbonyl (C=O) groups excluding carboxylic acids is 1. The number of alkyl carbamates (subject to hydrolysis) is 1. The molecule has 1 heterocycles. The second kappa shape index (κ2) is 6.67. The van der Waals surface area contributed by atoms with Crippen LogP contribution in [0, 0.1) is 0 Å². The summed E-state index contributed by atoms with van der Waals surface area (Å²) in [7, 11) is 2.91. The molecule has 0 aliphatic carbocycles. The highest BCUT2D eigenvalue weighted by Crippen LogP contribution is 2.32. The van der Waals surface area contributed by atoms with E-state index in [2.05, 4.69) is 21.9 Å². The van der Waals surface area contributed by atoms with Gasteiger partial charge >= 0.3 is 6.09 Å². The van der Waals surface area contributed by atoms with Gasteiger partial charge in [0.25, 0.3) is 0 Å². The van der Waals surface area contributed by atoms with Gasteiger partial charge in [-0.25, -0.2) is 4.79 Å². The predicted octanol–water partition coefficient (Wildman–Crippen LogP) is 1.89. The summed E-state index contributed by atoms with van der Waals surface area (Å²) < 4.78 is 9.77. The van der Waals surface area contributed by atoms with E-state index in [-0.39, 0.29) is 23.9 Å². The highest BCUT2D eigenvalue weighted by atomic mass is 16.5. The summed E-state index contributed by atoms with van der Waals surface area (Å²) in [6.45, 7) is 3.78. The van der Waals surface area contributed by atoms with Crippen molar-refractivity contribution in [3.8, 4) is 11.5 Å². The van der Waals surface area contributed by atoms with Gasteiger partial charge in [0.2, 0.25) is 0 Å².